The summed E-state index contributed by atoms with van der Waals surface area (Å²) in [7, 11) is 1.34. The Morgan fingerprint density at radius 2 is 1.56 bits per heavy atom. The van der Waals surface area contributed by atoms with Gasteiger partial charge in [0.05, 0.1) is 18.7 Å². The molecule has 0 spiro atoms. The van der Waals surface area contributed by atoms with Gasteiger partial charge in [0.1, 0.15) is 5.75 Å². The van der Waals surface area contributed by atoms with Crippen molar-refractivity contribution in [1.82, 2.24) is 9.78 Å². The summed E-state index contributed by atoms with van der Waals surface area (Å²) in [5, 5.41) is 4.77. The number of aryl methyl sites for hydroxylation is 2. The van der Waals surface area contributed by atoms with Gasteiger partial charge in [-0.1, -0.05) is 72.8 Å². The van der Waals surface area contributed by atoms with Gasteiger partial charge in [0.15, 0.2) is 6.10 Å². The van der Waals surface area contributed by atoms with Crippen LogP contribution in [-0.4, -0.2) is 29.0 Å². The molecular weight excluding hydrogens is 452 g/mol. The van der Waals surface area contributed by atoms with Crippen molar-refractivity contribution in [2.75, 3.05) is 7.11 Å². The molecule has 0 aliphatic rings. The molecule has 0 amide bonds. The Hall–Kier alpha value is -4.19. The van der Waals surface area contributed by atoms with Crippen LogP contribution >= 0.6 is 0 Å². The molecule has 184 valence electrons. The van der Waals surface area contributed by atoms with Crippen molar-refractivity contribution in [3.05, 3.63) is 130 Å². The van der Waals surface area contributed by atoms with Gasteiger partial charge < -0.3 is 9.47 Å². The normalized spacial score (nSPS) is 11.8. The third kappa shape index (κ3) is 6.27. The topological polar surface area (TPSA) is 70.4 Å². The predicted molar refractivity (Wildman–Crippen MR) is 139 cm³/mol. The second-order valence-corrected chi connectivity index (χ2v) is 8.61. The van der Waals surface area contributed by atoms with Crippen molar-refractivity contribution in [1.29, 1.82) is 0 Å². The maximum Gasteiger partial charge on any atom is 0.346 e. The summed E-state index contributed by atoms with van der Waals surface area (Å²) in [4.78, 5) is 24.2. The van der Waals surface area contributed by atoms with Crippen LogP contribution in [0.25, 0.3) is 0 Å². The summed E-state index contributed by atoms with van der Waals surface area (Å²) in [6, 6.07) is 31.5. The Kier molecular flexibility index (Phi) is 8.29. The van der Waals surface area contributed by atoms with Crippen molar-refractivity contribution < 1.29 is 14.3 Å². The molecule has 0 saturated heterocycles. The maximum atomic E-state index is 12.6. The van der Waals surface area contributed by atoms with Gasteiger partial charge >= 0.3 is 5.97 Å². The third-order valence-corrected chi connectivity index (χ3v) is 6.03. The number of carbonyl (C=O) groups excluding carboxylic acids is 1. The third-order valence-electron chi connectivity index (χ3n) is 6.03. The number of hydrogen-bond acceptors (Lipinski definition) is 5. The zero-order valence-electron chi connectivity index (χ0n) is 20.5. The fraction of sp³-hybridized carbons (Fsp3) is 0.233. The molecule has 0 radical (unpaired) electrons. The lowest BCUT2D eigenvalue weighted by Crippen LogP contribution is -2.25. The fourth-order valence-corrected chi connectivity index (χ4v) is 4.23. The van der Waals surface area contributed by atoms with Gasteiger partial charge in [-0.2, -0.15) is 5.10 Å². The number of ether oxygens (including phenoxy) is 2. The smallest absolute Gasteiger partial charge is 0.346 e. The lowest BCUT2D eigenvalue weighted by Gasteiger charge is -2.18. The molecule has 0 aliphatic carbocycles. The lowest BCUT2D eigenvalue weighted by molar-refractivity contribution is -0.147. The number of carbonyl (C=O) groups is 1. The van der Waals surface area contributed by atoms with Crippen LogP contribution in [0.1, 0.15) is 41.6 Å². The SMILES string of the molecule is COC(=O)[C@@H](C)Oc1cccc(CCCn2nc(C(c3ccccc3)c3ccccc3)ccc2=O)c1. The van der Waals surface area contributed by atoms with Gasteiger partial charge in [-0.15, -0.1) is 0 Å². The van der Waals surface area contributed by atoms with E-state index in [1.807, 2.05) is 66.7 Å². The Balaban J connectivity index is 1.49. The monoisotopic (exact) mass is 482 g/mol. The highest BCUT2D eigenvalue weighted by atomic mass is 16.6. The average Bonchev–Trinajstić information content (AvgIpc) is 2.91. The second-order valence-electron chi connectivity index (χ2n) is 8.61. The minimum absolute atomic E-state index is 0.0649. The van der Waals surface area contributed by atoms with Gasteiger partial charge in [0, 0.05) is 12.6 Å². The minimum Gasteiger partial charge on any atom is -0.479 e. The van der Waals surface area contributed by atoms with E-state index in [0.29, 0.717) is 12.3 Å². The fourth-order valence-electron chi connectivity index (χ4n) is 4.23. The van der Waals surface area contributed by atoms with E-state index in [1.54, 1.807) is 17.7 Å². The molecule has 3 aromatic carbocycles. The Morgan fingerprint density at radius 1 is 0.889 bits per heavy atom. The predicted octanol–water partition coefficient (Wildman–Crippen LogP) is 5.00. The van der Waals surface area contributed by atoms with Gasteiger partial charge in [0.2, 0.25) is 0 Å². The van der Waals surface area contributed by atoms with E-state index in [4.69, 9.17) is 14.6 Å². The Morgan fingerprint density at radius 3 is 2.19 bits per heavy atom. The van der Waals surface area contributed by atoms with E-state index >= 15 is 0 Å². The van der Waals surface area contributed by atoms with E-state index in [9.17, 15) is 9.59 Å². The van der Waals surface area contributed by atoms with Crippen LogP contribution < -0.4 is 10.3 Å². The van der Waals surface area contributed by atoms with E-state index in [2.05, 4.69) is 24.3 Å². The molecule has 0 aliphatic heterocycles. The molecule has 0 unspecified atom stereocenters. The summed E-state index contributed by atoms with van der Waals surface area (Å²) in [5.41, 5.74) is 4.01. The van der Waals surface area contributed by atoms with Crippen LogP contribution in [-0.2, 0) is 22.5 Å². The molecule has 0 N–H and O–H groups in total. The largest absolute Gasteiger partial charge is 0.479 e. The number of benzene rings is 3. The van der Waals surface area contributed by atoms with Crippen molar-refractivity contribution >= 4 is 5.97 Å². The summed E-state index contributed by atoms with van der Waals surface area (Å²) in [5.74, 6) is 0.121. The summed E-state index contributed by atoms with van der Waals surface area (Å²) in [6.07, 6.45) is 0.786. The molecule has 0 fully saturated rings. The van der Waals surface area contributed by atoms with Crippen LogP contribution in [0.5, 0.6) is 5.75 Å². The molecule has 1 heterocycles. The standard InChI is InChI=1S/C30H30N2O4/c1-22(30(34)35-2)36-26-17-9-11-23(21-26)12-10-20-32-28(33)19-18-27(31-32)29(24-13-5-3-6-14-24)25-15-7-4-8-16-25/h3-9,11,13-19,21-22,29H,10,12,20H2,1-2H3/t22-/m1/s1. The first-order valence-corrected chi connectivity index (χ1v) is 12.1. The Labute approximate surface area is 211 Å². The van der Waals surface area contributed by atoms with Gasteiger partial charge in [0.25, 0.3) is 5.56 Å². The van der Waals surface area contributed by atoms with Crippen LogP contribution in [0, 0.1) is 0 Å². The number of rotatable bonds is 10. The first-order valence-electron chi connectivity index (χ1n) is 12.1. The molecule has 6 nitrogen and oxygen atoms in total. The number of aromatic nitrogens is 2. The molecule has 36 heavy (non-hydrogen) atoms. The van der Waals surface area contributed by atoms with E-state index in [1.165, 1.54) is 7.11 Å². The van der Waals surface area contributed by atoms with Crippen molar-refractivity contribution in [3.63, 3.8) is 0 Å². The molecule has 0 saturated carbocycles. The first kappa shape index (κ1) is 24.9. The van der Waals surface area contributed by atoms with E-state index < -0.39 is 12.1 Å². The highest BCUT2D eigenvalue weighted by Crippen LogP contribution is 2.30. The van der Waals surface area contributed by atoms with Crippen LogP contribution in [0.2, 0.25) is 0 Å². The lowest BCUT2D eigenvalue weighted by atomic mass is 9.88. The highest BCUT2D eigenvalue weighted by molar-refractivity contribution is 5.74. The quantitative estimate of drug-likeness (QED) is 0.298. The van der Waals surface area contributed by atoms with E-state index in [-0.39, 0.29) is 11.5 Å². The summed E-state index contributed by atoms with van der Waals surface area (Å²) >= 11 is 0. The van der Waals surface area contributed by atoms with Crippen molar-refractivity contribution in [2.24, 2.45) is 0 Å². The van der Waals surface area contributed by atoms with Crippen LogP contribution in [0.3, 0.4) is 0 Å². The summed E-state index contributed by atoms with van der Waals surface area (Å²) < 4.78 is 11.9. The van der Waals surface area contributed by atoms with E-state index in [0.717, 1.165) is 35.2 Å². The van der Waals surface area contributed by atoms with Crippen LogP contribution in [0.4, 0.5) is 0 Å². The minimum atomic E-state index is -0.682. The molecule has 6 heteroatoms. The van der Waals surface area contributed by atoms with Crippen LogP contribution in [0.15, 0.2) is 102 Å². The molecule has 1 atom stereocenters. The number of esters is 1. The van der Waals surface area contributed by atoms with Gasteiger partial charge in [-0.3, -0.25) is 4.79 Å². The number of nitrogens with zero attached hydrogens (tertiary/aromatic N) is 2. The zero-order valence-corrected chi connectivity index (χ0v) is 20.5. The Bertz CT molecular complexity index is 1300. The van der Waals surface area contributed by atoms with Gasteiger partial charge in [-0.25, -0.2) is 9.48 Å². The molecule has 1 aromatic heterocycles. The summed E-state index contributed by atoms with van der Waals surface area (Å²) in [6.45, 7) is 2.15. The average molecular weight is 483 g/mol. The molecule has 4 aromatic rings. The second kappa shape index (κ2) is 12.0. The number of hydrogen-bond donors (Lipinski definition) is 0. The van der Waals surface area contributed by atoms with Crippen molar-refractivity contribution in [3.8, 4) is 5.75 Å². The molecular formula is C30H30N2O4. The number of methoxy groups -OCH3 is 1. The van der Waals surface area contributed by atoms with Crippen molar-refractivity contribution in [2.45, 2.75) is 38.3 Å². The molecule has 4 rings (SSSR count). The first-order chi connectivity index (χ1) is 17.5. The maximum absolute atomic E-state index is 12.6. The highest BCUT2D eigenvalue weighted by Gasteiger charge is 2.19. The zero-order chi connectivity index (χ0) is 25.3. The van der Waals surface area contributed by atoms with Gasteiger partial charge in [-0.05, 0) is 54.7 Å². The molecule has 0 bridgehead atoms.